The Morgan fingerprint density at radius 2 is 2.00 bits per heavy atom. The zero-order valence-corrected chi connectivity index (χ0v) is 16.3. The van der Waals surface area contributed by atoms with E-state index in [1.807, 2.05) is 0 Å². The highest BCUT2D eigenvalue weighted by Gasteiger charge is 2.49. The van der Waals surface area contributed by atoms with E-state index in [4.69, 9.17) is 0 Å². The van der Waals surface area contributed by atoms with Gasteiger partial charge in [-0.2, -0.15) is 0 Å². The van der Waals surface area contributed by atoms with Gasteiger partial charge in [-0.05, 0) is 44.2 Å². The van der Waals surface area contributed by atoms with Crippen molar-refractivity contribution in [2.45, 2.75) is 63.2 Å². The maximum atomic E-state index is 13.6. The molecule has 0 saturated carbocycles. The lowest BCUT2D eigenvalue weighted by atomic mass is 9.86. The fraction of sp³-hybridized carbons (Fsp3) is 0.682. The van der Waals surface area contributed by atoms with Crippen LogP contribution in [-0.4, -0.2) is 53.5 Å². The normalized spacial score (nSPS) is 38.8. The van der Waals surface area contributed by atoms with Crippen molar-refractivity contribution in [3.63, 3.8) is 0 Å². The molecule has 0 aliphatic carbocycles. The molecule has 4 aliphatic heterocycles. The third-order valence-corrected chi connectivity index (χ3v) is 7.57. The third-order valence-electron chi connectivity index (χ3n) is 7.57. The van der Waals surface area contributed by atoms with Gasteiger partial charge in [0.1, 0.15) is 0 Å². The van der Waals surface area contributed by atoms with E-state index in [9.17, 15) is 4.79 Å². The molecule has 4 heterocycles. The van der Waals surface area contributed by atoms with Gasteiger partial charge in [0.2, 0.25) is 5.91 Å². The van der Waals surface area contributed by atoms with Gasteiger partial charge >= 0.3 is 0 Å². The molecule has 4 fully saturated rings. The van der Waals surface area contributed by atoms with Crippen molar-refractivity contribution in [2.24, 2.45) is 11.8 Å². The van der Waals surface area contributed by atoms with E-state index in [0.29, 0.717) is 36.0 Å². The van der Waals surface area contributed by atoms with Crippen LogP contribution in [0.4, 0.5) is 0 Å². The summed E-state index contributed by atoms with van der Waals surface area (Å²) in [7, 11) is 0. The molecule has 1 aromatic rings. The maximum absolute atomic E-state index is 13.6. The summed E-state index contributed by atoms with van der Waals surface area (Å²) in [5.41, 5.74) is 8.29. The summed E-state index contributed by atoms with van der Waals surface area (Å²) in [5.74, 6) is 1.15. The van der Waals surface area contributed by atoms with Crippen LogP contribution in [0.3, 0.4) is 0 Å². The van der Waals surface area contributed by atoms with Crippen LogP contribution in [0.5, 0.6) is 0 Å². The lowest BCUT2D eigenvalue weighted by Crippen LogP contribution is -2.51. The van der Waals surface area contributed by atoms with E-state index in [1.165, 1.54) is 18.4 Å². The number of piperidine rings is 1. The molecule has 3 unspecified atom stereocenters. The Bertz CT molecular complexity index is 674. The van der Waals surface area contributed by atoms with Crippen molar-refractivity contribution in [1.29, 1.82) is 0 Å². The van der Waals surface area contributed by atoms with Crippen LogP contribution >= 0.6 is 0 Å². The molecule has 0 spiro atoms. The van der Waals surface area contributed by atoms with Gasteiger partial charge in [-0.25, -0.2) is 0 Å². The Labute approximate surface area is 162 Å². The van der Waals surface area contributed by atoms with E-state index >= 15 is 0 Å². The number of hydrogen-bond acceptors (Lipinski definition) is 4. The average Bonchev–Trinajstić information content (AvgIpc) is 3.42. The highest BCUT2D eigenvalue weighted by molar-refractivity contribution is 5.80. The van der Waals surface area contributed by atoms with Gasteiger partial charge in [-0.1, -0.05) is 37.3 Å². The van der Waals surface area contributed by atoms with Crippen LogP contribution < -0.4 is 10.9 Å². The van der Waals surface area contributed by atoms with Crippen LogP contribution in [0.15, 0.2) is 30.3 Å². The number of carbonyl (C=O) groups is 1. The number of likely N-dealkylation sites (tertiary alicyclic amines) is 1. The first-order chi connectivity index (χ1) is 13.3. The Kier molecular flexibility index (Phi) is 4.70. The third kappa shape index (κ3) is 3.00. The Hall–Kier alpha value is -1.43. The molecule has 0 radical (unpaired) electrons. The predicted octanol–water partition coefficient (Wildman–Crippen LogP) is 2.32. The van der Waals surface area contributed by atoms with E-state index in [1.54, 1.807) is 0 Å². The minimum Gasteiger partial charge on any atom is -0.342 e. The van der Waals surface area contributed by atoms with Crippen molar-refractivity contribution in [1.82, 2.24) is 20.7 Å². The minimum absolute atomic E-state index is 0.177. The molecule has 0 aromatic heterocycles. The summed E-state index contributed by atoms with van der Waals surface area (Å²) in [6.45, 7) is 5.20. The van der Waals surface area contributed by atoms with Crippen molar-refractivity contribution >= 4 is 5.91 Å². The van der Waals surface area contributed by atoms with Gasteiger partial charge in [0.05, 0.1) is 5.92 Å². The zero-order valence-electron chi connectivity index (χ0n) is 16.3. The summed E-state index contributed by atoms with van der Waals surface area (Å²) >= 11 is 0. The van der Waals surface area contributed by atoms with Crippen LogP contribution in [0.1, 0.15) is 50.6 Å². The van der Waals surface area contributed by atoms with Crippen molar-refractivity contribution in [3.05, 3.63) is 35.9 Å². The van der Waals surface area contributed by atoms with E-state index in [-0.39, 0.29) is 5.92 Å². The first-order valence-electron chi connectivity index (χ1n) is 10.9. The number of carbonyl (C=O) groups excluding carboxylic acids is 1. The Balaban J connectivity index is 1.33. The zero-order chi connectivity index (χ0) is 18.4. The van der Waals surface area contributed by atoms with Gasteiger partial charge in [0.25, 0.3) is 0 Å². The molecule has 5 heteroatoms. The molecule has 1 amide bonds. The molecule has 4 saturated heterocycles. The first-order valence-corrected chi connectivity index (χ1v) is 10.9. The lowest BCUT2D eigenvalue weighted by Gasteiger charge is -2.38. The summed E-state index contributed by atoms with van der Waals surface area (Å²) < 4.78 is 0. The molecule has 1 aromatic carbocycles. The maximum Gasteiger partial charge on any atom is 0.227 e. The van der Waals surface area contributed by atoms with Crippen molar-refractivity contribution in [2.75, 3.05) is 19.6 Å². The Morgan fingerprint density at radius 1 is 1.15 bits per heavy atom. The SMILES string of the molecule is CCC1NNC2CCN(C(=O)[C@@H]3C[C@H](c4ccccc4)N4CCC[C@@H]34)CC12. The largest absolute Gasteiger partial charge is 0.342 e. The second-order valence-electron chi connectivity index (χ2n) is 8.86. The monoisotopic (exact) mass is 368 g/mol. The topological polar surface area (TPSA) is 47.6 Å². The molecule has 2 N–H and O–H groups in total. The molecule has 4 aliphatic rings. The van der Waals surface area contributed by atoms with Gasteiger partial charge in [0, 0.05) is 43.2 Å². The molecule has 146 valence electrons. The van der Waals surface area contributed by atoms with Crippen molar-refractivity contribution in [3.8, 4) is 0 Å². The first kappa shape index (κ1) is 17.7. The van der Waals surface area contributed by atoms with Crippen LogP contribution in [0, 0.1) is 11.8 Å². The average molecular weight is 369 g/mol. The Morgan fingerprint density at radius 3 is 2.81 bits per heavy atom. The standard InChI is InChI=1S/C22H32N4O/c1-2-18-17-14-25(12-10-19(17)24-23-18)22(27)16-13-21(15-7-4-3-5-8-15)26-11-6-9-20(16)26/h3-5,7-8,16-21,23-24H,2,6,9-14H2,1H3/t16-,17?,18?,19?,20+,21-/m1/s1. The summed E-state index contributed by atoms with van der Waals surface area (Å²) in [6, 6.07) is 12.7. The molecule has 0 bridgehead atoms. The quantitative estimate of drug-likeness (QED) is 0.860. The van der Waals surface area contributed by atoms with Crippen LogP contribution in [0.2, 0.25) is 0 Å². The fourth-order valence-electron chi connectivity index (χ4n) is 6.16. The summed E-state index contributed by atoms with van der Waals surface area (Å²) in [5, 5.41) is 0. The predicted molar refractivity (Wildman–Crippen MR) is 106 cm³/mol. The smallest absolute Gasteiger partial charge is 0.227 e. The minimum atomic E-state index is 0.177. The second kappa shape index (κ2) is 7.19. The van der Waals surface area contributed by atoms with Gasteiger partial charge in [-0.3, -0.25) is 20.5 Å². The highest BCUT2D eigenvalue weighted by Crippen LogP contribution is 2.45. The van der Waals surface area contributed by atoms with Crippen LogP contribution in [0.25, 0.3) is 0 Å². The molecular weight excluding hydrogens is 336 g/mol. The number of amides is 1. The van der Waals surface area contributed by atoms with Crippen molar-refractivity contribution < 1.29 is 4.79 Å². The molecular formula is C22H32N4O. The highest BCUT2D eigenvalue weighted by atomic mass is 16.2. The molecule has 5 nitrogen and oxygen atoms in total. The van der Waals surface area contributed by atoms with E-state index in [0.717, 1.165) is 38.9 Å². The number of rotatable bonds is 3. The number of hydrogen-bond donors (Lipinski definition) is 2. The van der Waals surface area contributed by atoms with E-state index in [2.05, 4.69) is 57.9 Å². The second-order valence-corrected chi connectivity index (χ2v) is 8.86. The van der Waals surface area contributed by atoms with Crippen LogP contribution in [-0.2, 0) is 4.79 Å². The molecule has 27 heavy (non-hydrogen) atoms. The summed E-state index contributed by atoms with van der Waals surface area (Å²) in [6.07, 6.45) is 5.59. The lowest BCUT2D eigenvalue weighted by molar-refractivity contribution is -0.138. The molecule has 6 atom stereocenters. The van der Waals surface area contributed by atoms with Gasteiger partial charge in [0.15, 0.2) is 0 Å². The number of fused-ring (bicyclic) bond motifs is 2. The molecule has 5 rings (SSSR count). The van der Waals surface area contributed by atoms with Gasteiger partial charge < -0.3 is 4.90 Å². The number of hydrazine groups is 1. The number of nitrogens with zero attached hydrogens (tertiary/aromatic N) is 2. The van der Waals surface area contributed by atoms with Gasteiger partial charge in [-0.15, -0.1) is 0 Å². The summed E-state index contributed by atoms with van der Waals surface area (Å²) in [4.78, 5) is 18.4. The van der Waals surface area contributed by atoms with E-state index < -0.39 is 0 Å². The number of benzene rings is 1. The number of nitrogens with one attached hydrogen (secondary N) is 2. The fourth-order valence-corrected chi connectivity index (χ4v) is 6.16.